The number of cyclic esters (lactones) is 1. The fraction of sp³-hybridized carbons (Fsp3) is 0.867. The third kappa shape index (κ3) is 6.37. The molecule has 1 aliphatic rings. The van der Waals surface area contributed by atoms with Gasteiger partial charge in [0.15, 0.2) is 12.2 Å². The molecule has 1 saturated heterocycles. The molecule has 0 amide bonds. The standard InChI is InChI=1S/C15H26O5/c1-2-3-4-5-6-7-8-9-14(17)19-12-10-15(18)20-13(12)11-16/h12-13,16H,2-11H2,1H3/t12-,13+/m1/s1. The zero-order valence-corrected chi connectivity index (χ0v) is 12.3. The van der Waals surface area contributed by atoms with Crippen molar-refractivity contribution >= 4 is 11.9 Å². The molecule has 20 heavy (non-hydrogen) atoms. The predicted molar refractivity (Wildman–Crippen MR) is 74.1 cm³/mol. The Balaban J connectivity index is 2.07. The van der Waals surface area contributed by atoms with E-state index in [0.29, 0.717) is 6.42 Å². The van der Waals surface area contributed by atoms with Crippen molar-refractivity contribution < 1.29 is 24.2 Å². The van der Waals surface area contributed by atoms with Crippen molar-refractivity contribution in [3.63, 3.8) is 0 Å². The second-order valence-electron chi connectivity index (χ2n) is 5.31. The molecule has 1 aliphatic heterocycles. The molecular weight excluding hydrogens is 260 g/mol. The van der Waals surface area contributed by atoms with E-state index in [1.54, 1.807) is 0 Å². The monoisotopic (exact) mass is 286 g/mol. The van der Waals surface area contributed by atoms with Gasteiger partial charge in [0, 0.05) is 6.42 Å². The van der Waals surface area contributed by atoms with Crippen molar-refractivity contribution in [2.45, 2.75) is 76.9 Å². The molecule has 5 nitrogen and oxygen atoms in total. The number of aliphatic hydroxyl groups excluding tert-OH is 1. The van der Waals surface area contributed by atoms with Gasteiger partial charge < -0.3 is 14.6 Å². The third-order valence-corrected chi connectivity index (χ3v) is 3.51. The maximum Gasteiger partial charge on any atom is 0.310 e. The first-order valence-corrected chi connectivity index (χ1v) is 7.67. The van der Waals surface area contributed by atoms with E-state index in [1.165, 1.54) is 25.7 Å². The Hall–Kier alpha value is -1.10. The summed E-state index contributed by atoms with van der Waals surface area (Å²) in [5.74, 6) is -0.724. The van der Waals surface area contributed by atoms with Gasteiger partial charge in [-0.15, -0.1) is 0 Å². The van der Waals surface area contributed by atoms with Crippen LogP contribution in [0.5, 0.6) is 0 Å². The van der Waals surface area contributed by atoms with Gasteiger partial charge in [-0.2, -0.15) is 0 Å². The lowest BCUT2D eigenvalue weighted by molar-refractivity contribution is -0.154. The molecule has 0 aromatic rings. The van der Waals surface area contributed by atoms with Crippen LogP contribution in [-0.4, -0.2) is 35.9 Å². The molecule has 0 aromatic heterocycles. The Morgan fingerprint density at radius 3 is 2.55 bits per heavy atom. The summed E-state index contributed by atoms with van der Waals surface area (Å²) in [6, 6.07) is 0. The molecule has 2 atom stereocenters. The summed E-state index contributed by atoms with van der Waals surface area (Å²) in [6.07, 6.45) is 7.10. The molecule has 116 valence electrons. The highest BCUT2D eigenvalue weighted by molar-refractivity contribution is 5.74. The number of rotatable bonds is 10. The first kappa shape index (κ1) is 17.0. The van der Waals surface area contributed by atoms with Crippen LogP contribution >= 0.6 is 0 Å². The number of aliphatic hydroxyl groups is 1. The summed E-state index contributed by atoms with van der Waals surface area (Å²) < 4.78 is 10.0. The minimum Gasteiger partial charge on any atom is -0.458 e. The van der Waals surface area contributed by atoms with Gasteiger partial charge in [-0.05, 0) is 6.42 Å². The summed E-state index contributed by atoms with van der Waals surface area (Å²) in [5.41, 5.74) is 0. The predicted octanol–water partition coefficient (Wildman–Crippen LogP) is 2.35. The molecule has 5 heteroatoms. The summed E-state index contributed by atoms with van der Waals surface area (Å²) in [5, 5.41) is 9.02. The first-order chi connectivity index (χ1) is 9.67. The Kier molecular flexibility index (Phi) is 8.26. The molecule has 0 aliphatic carbocycles. The van der Waals surface area contributed by atoms with Crippen molar-refractivity contribution in [2.24, 2.45) is 0 Å². The Bertz CT molecular complexity index is 303. The van der Waals surface area contributed by atoms with E-state index in [-0.39, 0.29) is 19.0 Å². The lowest BCUT2D eigenvalue weighted by Crippen LogP contribution is -2.30. The summed E-state index contributed by atoms with van der Waals surface area (Å²) in [6.45, 7) is 1.88. The fourth-order valence-corrected chi connectivity index (χ4v) is 2.32. The number of carbonyl (C=O) groups is 2. The third-order valence-electron chi connectivity index (χ3n) is 3.51. The number of ether oxygens (including phenoxy) is 2. The van der Waals surface area contributed by atoms with Gasteiger partial charge in [-0.3, -0.25) is 9.59 Å². The zero-order chi connectivity index (χ0) is 14.8. The molecular formula is C15H26O5. The van der Waals surface area contributed by atoms with Crippen LogP contribution in [0.3, 0.4) is 0 Å². The van der Waals surface area contributed by atoms with Crippen molar-refractivity contribution in [1.82, 2.24) is 0 Å². The first-order valence-electron chi connectivity index (χ1n) is 7.67. The largest absolute Gasteiger partial charge is 0.458 e. The van der Waals surface area contributed by atoms with Crippen molar-refractivity contribution in [2.75, 3.05) is 6.61 Å². The van der Waals surface area contributed by atoms with Crippen LogP contribution in [0.4, 0.5) is 0 Å². The van der Waals surface area contributed by atoms with E-state index < -0.39 is 18.2 Å². The normalized spacial score (nSPS) is 21.8. The van der Waals surface area contributed by atoms with Gasteiger partial charge in [0.1, 0.15) is 0 Å². The van der Waals surface area contributed by atoms with E-state index >= 15 is 0 Å². The van der Waals surface area contributed by atoms with Crippen LogP contribution in [-0.2, 0) is 19.1 Å². The van der Waals surface area contributed by atoms with Crippen LogP contribution in [0, 0.1) is 0 Å². The molecule has 0 aromatic carbocycles. The quantitative estimate of drug-likeness (QED) is 0.493. The topological polar surface area (TPSA) is 72.8 Å². The second-order valence-corrected chi connectivity index (χ2v) is 5.31. The van der Waals surface area contributed by atoms with Crippen LogP contribution in [0.25, 0.3) is 0 Å². The maximum absolute atomic E-state index is 11.6. The smallest absolute Gasteiger partial charge is 0.310 e. The molecule has 1 N–H and O–H groups in total. The molecule has 0 bridgehead atoms. The lowest BCUT2D eigenvalue weighted by Gasteiger charge is -2.15. The van der Waals surface area contributed by atoms with Crippen LogP contribution in [0.2, 0.25) is 0 Å². The van der Waals surface area contributed by atoms with Crippen LogP contribution < -0.4 is 0 Å². The maximum atomic E-state index is 11.6. The highest BCUT2D eigenvalue weighted by Crippen LogP contribution is 2.19. The van der Waals surface area contributed by atoms with Crippen LogP contribution in [0.1, 0.15) is 64.7 Å². The van der Waals surface area contributed by atoms with E-state index in [4.69, 9.17) is 14.6 Å². The Labute approximate surface area is 120 Å². The number of unbranched alkanes of at least 4 members (excludes halogenated alkanes) is 6. The minimum absolute atomic E-state index is 0.0496. The van der Waals surface area contributed by atoms with Crippen molar-refractivity contribution in [3.05, 3.63) is 0 Å². The van der Waals surface area contributed by atoms with Gasteiger partial charge in [-0.25, -0.2) is 0 Å². The molecule has 1 heterocycles. The van der Waals surface area contributed by atoms with Crippen LogP contribution in [0.15, 0.2) is 0 Å². The second kappa shape index (κ2) is 9.75. The zero-order valence-electron chi connectivity index (χ0n) is 12.3. The molecule has 0 spiro atoms. The Morgan fingerprint density at radius 2 is 1.90 bits per heavy atom. The summed E-state index contributed by atoms with van der Waals surface area (Å²) in [7, 11) is 0. The lowest BCUT2D eigenvalue weighted by atomic mass is 10.1. The number of hydrogen-bond acceptors (Lipinski definition) is 5. The molecule has 1 fully saturated rings. The molecule has 0 unspecified atom stereocenters. The summed E-state index contributed by atoms with van der Waals surface area (Å²) in [4.78, 5) is 22.7. The number of esters is 2. The minimum atomic E-state index is -0.694. The van der Waals surface area contributed by atoms with Crippen molar-refractivity contribution in [1.29, 1.82) is 0 Å². The SMILES string of the molecule is CCCCCCCCCC(=O)O[C@@H]1CC(=O)O[C@H]1CO. The van der Waals surface area contributed by atoms with E-state index in [1.807, 2.05) is 0 Å². The van der Waals surface area contributed by atoms with E-state index in [2.05, 4.69) is 6.92 Å². The average molecular weight is 286 g/mol. The highest BCUT2D eigenvalue weighted by atomic mass is 16.6. The van der Waals surface area contributed by atoms with E-state index in [9.17, 15) is 9.59 Å². The van der Waals surface area contributed by atoms with Gasteiger partial charge in [0.05, 0.1) is 13.0 Å². The van der Waals surface area contributed by atoms with Crippen molar-refractivity contribution in [3.8, 4) is 0 Å². The number of hydrogen-bond donors (Lipinski definition) is 1. The molecule has 1 rings (SSSR count). The molecule has 0 radical (unpaired) electrons. The highest BCUT2D eigenvalue weighted by Gasteiger charge is 2.37. The summed E-state index contributed by atoms with van der Waals surface area (Å²) >= 11 is 0. The number of carbonyl (C=O) groups excluding carboxylic acids is 2. The van der Waals surface area contributed by atoms with E-state index in [0.717, 1.165) is 19.3 Å². The van der Waals surface area contributed by atoms with Gasteiger partial charge in [-0.1, -0.05) is 45.4 Å². The van der Waals surface area contributed by atoms with Gasteiger partial charge in [0.2, 0.25) is 0 Å². The fourth-order valence-electron chi connectivity index (χ4n) is 2.32. The van der Waals surface area contributed by atoms with Gasteiger partial charge in [0.25, 0.3) is 0 Å². The Morgan fingerprint density at radius 1 is 1.25 bits per heavy atom. The van der Waals surface area contributed by atoms with Gasteiger partial charge >= 0.3 is 11.9 Å². The average Bonchev–Trinajstić information content (AvgIpc) is 2.77. The molecule has 0 saturated carbocycles.